The number of nitrogens with zero attached hydrogens (tertiary/aromatic N) is 3. The van der Waals surface area contributed by atoms with Crippen LogP contribution in [0.2, 0.25) is 0 Å². The summed E-state index contributed by atoms with van der Waals surface area (Å²) in [6.07, 6.45) is 1.37. The highest BCUT2D eigenvalue weighted by Gasteiger charge is 2.39. The molecule has 7 nitrogen and oxygen atoms in total. The normalized spacial score (nSPS) is 18.4. The van der Waals surface area contributed by atoms with Gasteiger partial charge in [0.15, 0.2) is 11.6 Å². The Kier molecular flexibility index (Phi) is 2.98. The molecule has 0 aliphatic carbocycles. The lowest BCUT2D eigenvalue weighted by atomic mass is 9.99. The zero-order valence-corrected chi connectivity index (χ0v) is 10.7. The number of piperazine rings is 1. The number of nitrogens with one attached hydrogen (secondary N) is 1. The van der Waals surface area contributed by atoms with E-state index in [2.05, 4.69) is 15.3 Å². The number of ether oxygens (including phenoxy) is 1. The first-order chi connectivity index (χ1) is 8.48. The summed E-state index contributed by atoms with van der Waals surface area (Å²) in [5.74, 6) is 1.17. The molecule has 7 heteroatoms. The lowest BCUT2D eigenvalue weighted by Crippen LogP contribution is -2.62. The molecule has 1 aromatic rings. The number of amides is 1. The first-order valence-corrected chi connectivity index (χ1v) is 5.69. The molecule has 18 heavy (non-hydrogen) atoms. The lowest BCUT2D eigenvalue weighted by molar-refractivity contribution is -0.126. The van der Waals surface area contributed by atoms with E-state index < -0.39 is 5.54 Å². The van der Waals surface area contributed by atoms with Crippen molar-refractivity contribution < 1.29 is 9.53 Å². The molecule has 0 saturated carbocycles. The van der Waals surface area contributed by atoms with Gasteiger partial charge in [-0.15, -0.1) is 0 Å². The molecule has 1 aliphatic heterocycles. The molecule has 0 unspecified atom stereocenters. The van der Waals surface area contributed by atoms with E-state index in [1.807, 2.05) is 18.7 Å². The summed E-state index contributed by atoms with van der Waals surface area (Å²) >= 11 is 0. The van der Waals surface area contributed by atoms with Crippen LogP contribution in [0, 0.1) is 0 Å². The van der Waals surface area contributed by atoms with Crippen molar-refractivity contribution in [1.82, 2.24) is 15.3 Å². The van der Waals surface area contributed by atoms with Gasteiger partial charge in [0.1, 0.15) is 11.9 Å². The van der Waals surface area contributed by atoms with Crippen molar-refractivity contribution >= 4 is 17.5 Å². The Balaban J connectivity index is 2.48. The zero-order valence-electron chi connectivity index (χ0n) is 10.7. The first kappa shape index (κ1) is 12.4. The van der Waals surface area contributed by atoms with E-state index in [-0.39, 0.29) is 11.7 Å². The summed E-state index contributed by atoms with van der Waals surface area (Å²) in [5.41, 5.74) is 5.06. The van der Waals surface area contributed by atoms with Crippen molar-refractivity contribution in [2.45, 2.75) is 19.4 Å². The Hall–Kier alpha value is -2.05. The Bertz CT molecular complexity index is 475. The highest BCUT2D eigenvalue weighted by atomic mass is 16.5. The fraction of sp³-hybridized carbons (Fsp3) is 0.545. The Morgan fingerprint density at radius 1 is 1.50 bits per heavy atom. The van der Waals surface area contributed by atoms with Crippen LogP contribution in [0.3, 0.4) is 0 Å². The maximum Gasteiger partial charge on any atom is 0.245 e. The fourth-order valence-electron chi connectivity index (χ4n) is 2.04. The predicted molar refractivity (Wildman–Crippen MR) is 67.4 cm³/mol. The number of aromatic nitrogens is 2. The van der Waals surface area contributed by atoms with E-state index in [0.29, 0.717) is 24.7 Å². The number of hydrogen-bond acceptors (Lipinski definition) is 6. The van der Waals surface area contributed by atoms with Gasteiger partial charge in [0, 0.05) is 13.1 Å². The monoisotopic (exact) mass is 251 g/mol. The van der Waals surface area contributed by atoms with E-state index in [1.54, 1.807) is 0 Å². The molecule has 0 atom stereocenters. The van der Waals surface area contributed by atoms with Crippen molar-refractivity contribution in [3.05, 3.63) is 6.33 Å². The molecule has 3 N–H and O–H groups in total. The van der Waals surface area contributed by atoms with Crippen LogP contribution in [0.5, 0.6) is 5.75 Å². The maximum absolute atomic E-state index is 11.9. The molecule has 0 bridgehead atoms. The minimum Gasteiger partial charge on any atom is -0.490 e. The van der Waals surface area contributed by atoms with Gasteiger partial charge in [0.25, 0.3) is 0 Å². The molecular weight excluding hydrogens is 234 g/mol. The van der Waals surface area contributed by atoms with Crippen LogP contribution in [0.15, 0.2) is 6.33 Å². The van der Waals surface area contributed by atoms with E-state index in [0.717, 1.165) is 0 Å². The summed E-state index contributed by atoms with van der Waals surface area (Å²) in [5, 5.41) is 2.83. The summed E-state index contributed by atoms with van der Waals surface area (Å²) in [7, 11) is 1.51. The first-order valence-electron chi connectivity index (χ1n) is 5.69. The number of nitrogens with two attached hydrogens (primary N) is 1. The Morgan fingerprint density at radius 2 is 2.22 bits per heavy atom. The second-order valence-corrected chi connectivity index (χ2v) is 4.58. The van der Waals surface area contributed by atoms with Crippen molar-refractivity contribution in [3.63, 3.8) is 0 Å². The number of hydrogen-bond donors (Lipinski definition) is 2. The van der Waals surface area contributed by atoms with Crippen LogP contribution >= 0.6 is 0 Å². The number of methoxy groups -OCH3 is 1. The van der Waals surface area contributed by atoms with Gasteiger partial charge in [-0.2, -0.15) is 0 Å². The molecule has 1 aliphatic rings. The van der Waals surface area contributed by atoms with Gasteiger partial charge in [-0.1, -0.05) is 0 Å². The van der Waals surface area contributed by atoms with E-state index in [1.165, 1.54) is 13.4 Å². The molecule has 1 fully saturated rings. The Morgan fingerprint density at radius 3 is 2.89 bits per heavy atom. The smallest absolute Gasteiger partial charge is 0.245 e. The van der Waals surface area contributed by atoms with E-state index >= 15 is 0 Å². The third-order valence-corrected chi connectivity index (χ3v) is 3.12. The molecule has 0 spiro atoms. The van der Waals surface area contributed by atoms with Crippen molar-refractivity contribution in [1.29, 1.82) is 0 Å². The number of rotatable bonds is 2. The second-order valence-electron chi connectivity index (χ2n) is 4.58. The molecule has 98 valence electrons. The quantitative estimate of drug-likeness (QED) is 0.755. The molecule has 2 heterocycles. The zero-order chi connectivity index (χ0) is 13.3. The van der Waals surface area contributed by atoms with Crippen LogP contribution in [0.4, 0.5) is 11.6 Å². The Labute approximate surface area is 105 Å². The van der Waals surface area contributed by atoms with E-state index in [9.17, 15) is 4.79 Å². The van der Waals surface area contributed by atoms with Crippen LogP contribution in [0.25, 0.3) is 0 Å². The van der Waals surface area contributed by atoms with Gasteiger partial charge in [-0.05, 0) is 13.8 Å². The third-order valence-electron chi connectivity index (χ3n) is 3.12. The lowest BCUT2D eigenvalue weighted by Gasteiger charge is -2.42. The summed E-state index contributed by atoms with van der Waals surface area (Å²) in [6, 6.07) is 0. The minimum atomic E-state index is -0.702. The van der Waals surface area contributed by atoms with Gasteiger partial charge in [-0.25, -0.2) is 9.97 Å². The number of anilines is 2. The minimum absolute atomic E-state index is 0.0482. The number of nitrogen functional groups attached to an aromatic ring is 1. The van der Waals surface area contributed by atoms with Crippen LogP contribution in [-0.4, -0.2) is 41.6 Å². The highest BCUT2D eigenvalue weighted by molar-refractivity contribution is 5.90. The maximum atomic E-state index is 11.9. The number of carbonyl (C=O) groups excluding carboxylic acids is 1. The summed E-state index contributed by atoms with van der Waals surface area (Å²) < 4.78 is 5.23. The van der Waals surface area contributed by atoms with Gasteiger partial charge in [-0.3, -0.25) is 4.79 Å². The SMILES string of the molecule is COc1c(N)ncnc1N1CCNC(=O)C1(C)C. The largest absolute Gasteiger partial charge is 0.490 e. The highest BCUT2D eigenvalue weighted by Crippen LogP contribution is 2.34. The third kappa shape index (κ3) is 1.81. The van der Waals surface area contributed by atoms with Crippen molar-refractivity contribution in [2.24, 2.45) is 0 Å². The topological polar surface area (TPSA) is 93.4 Å². The van der Waals surface area contributed by atoms with E-state index in [4.69, 9.17) is 10.5 Å². The summed E-state index contributed by atoms with van der Waals surface area (Å²) in [4.78, 5) is 21.9. The van der Waals surface area contributed by atoms with Gasteiger partial charge < -0.3 is 20.7 Å². The van der Waals surface area contributed by atoms with Gasteiger partial charge in [0.05, 0.1) is 7.11 Å². The van der Waals surface area contributed by atoms with Crippen LogP contribution < -0.4 is 20.7 Å². The molecule has 1 amide bonds. The van der Waals surface area contributed by atoms with Crippen molar-refractivity contribution in [3.8, 4) is 5.75 Å². The molecule has 0 aromatic carbocycles. The average molecular weight is 251 g/mol. The van der Waals surface area contributed by atoms with Gasteiger partial charge in [0.2, 0.25) is 11.7 Å². The standard InChI is InChI=1S/C11H17N5O2/c1-11(2)10(17)13-4-5-16(11)9-7(18-3)8(12)14-6-15-9/h6H,4-5H2,1-3H3,(H,13,17)(H2,12,14,15). The molecule has 2 rings (SSSR count). The average Bonchev–Trinajstić information content (AvgIpc) is 2.32. The molecule has 1 aromatic heterocycles. The van der Waals surface area contributed by atoms with Crippen LogP contribution in [-0.2, 0) is 4.79 Å². The van der Waals surface area contributed by atoms with Crippen molar-refractivity contribution in [2.75, 3.05) is 30.8 Å². The number of carbonyl (C=O) groups is 1. The molecule has 1 saturated heterocycles. The molecule has 0 radical (unpaired) electrons. The second kappa shape index (κ2) is 4.32. The van der Waals surface area contributed by atoms with Gasteiger partial charge >= 0.3 is 0 Å². The fourth-order valence-corrected chi connectivity index (χ4v) is 2.04. The van der Waals surface area contributed by atoms with Crippen LogP contribution in [0.1, 0.15) is 13.8 Å². The summed E-state index contributed by atoms with van der Waals surface area (Å²) in [6.45, 7) is 4.87. The molecular formula is C11H17N5O2. The predicted octanol–water partition coefficient (Wildman–Crippen LogP) is -0.218.